The summed E-state index contributed by atoms with van der Waals surface area (Å²) in [5, 5.41) is 28.1. The zero-order valence-electron chi connectivity index (χ0n) is 25.5. The van der Waals surface area contributed by atoms with Crippen LogP contribution >= 0.6 is 0 Å². The van der Waals surface area contributed by atoms with Gasteiger partial charge in [0, 0.05) is 78.9 Å². The molecule has 0 aromatic carbocycles. The fourth-order valence-electron chi connectivity index (χ4n) is 4.88. The van der Waals surface area contributed by atoms with E-state index in [9.17, 15) is 34.5 Å². The minimum atomic E-state index is -0.969. The van der Waals surface area contributed by atoms with E-state index in [0.717, 1.165) is 39.0 Å². The quantitative estimate of drug-likeness (QED) is 0.190. The van der Waals surface area contributed by atoms with Crippen LogP contribution in [0, 0.1) is 0 Å². The number of nitrogens with zero attached hydrogens (tertiary/aromatic N) is 7. The second kappa shape index (κ2) is 20.5. The molecule has 1 rings (SSSR count). The summed E-state index contributed by atoms with van der Waals surface area (Å²) >= 11 is 0. The SMILES string of the molecule is CCC(=O)N(C)CCCN(C)CCCN(C)CN1CCN(CC(=O)O)CCN(CC(=O)O)CCN(CC(=O)O)CC1. The van der Waals surface area contributed by atoms with Gasteiger partial charge in [0.05, 0.1) is 26.3 Å². The van der Waals surface area contributed by atoms with Gasteiger partial charge in [-0.05, 0) is 40.0 Å². The van der Waals surface area contributed by atoms with Crippen LogP contribution in [-0.4, -0.2) is 199 Å². The standard InChI is InChI=1S/C27H53N7O7/c1-5-24(35)30(4)11-7-9-28(2)8-6-10-29(3)23-34-18-16-32(21-26(38)39)14-12-31(20-25(36)37)13-15-33(17-19-34)22-27(40)41/h5-23H2,1-4H3,(H,36,37)(H,38,39)(H,40,41). The molecule has 14 heteroatoms. The lowest BCUT2D eigenvalue weighted by Gasteiger charge is -2.34. The fraction of sp³-hybridized carbons (Fsp3) is 0.852. The Morgan fingerprint density at radius 2 is 0.902 bits per heavy atom. The maximum absolute atomic E-state index is 11.7. The van der Waals surface area contributed by atoms with Gasteiger partial charge in [-0.2, -0.15) is 0 Å². The molecule has 41 heavy (non-hydrogen) atoms. The van der Waals surface area contributed by atoms with Gasteiger partial charge in [-0.25, -0.2) is 0 Å². The number of rotatable bonds is 17. The monoisotopic (exact) mass is 587 g/mol. The van der Waals surface area contributed by atoms with Crippen LogP contribution in [0.3, 0.4) is 0 Å². The third-order valence-corrected chi connectivity index (χ3v) is 7.29. The van der Waals surface area contributed by atoms with Crippen molar-refractivity contribution in [2.75, 3.05) is 126 Å². The number of aliphatic carboxylic acids is 3. The van der Waals surface area contributed by atoms with Gasteiger partial charge < -0.3 is 25.1 Å². The molecule has 0 aromatic heterocycles. The van der Waals surface area contributed by atoms with Crippen molar-refractivity contribution >= 4 is 23.8 Å². The van der Waals surface area contributed by atoms with Crippen LogP contribution in [0.5, 0.6) is 0 Å². The Morgan fingerprint density at radius 3 is 1.27 bits per heavy atom. The number of hydrogen-bond donors (Lipinski definition) is 3. The van der Waals surface area contributed by atoms with Crippen molar-refractivity contribution in [3.05, 3.63) is 0 Å². The molecular formula is C27H53N7O7. The van der Waals surface area contributed by atoms with Gasteiger partial charge in [0.15, 0.2) is 0 Å². The Bertz CT molecular complexity index is 772. The number of amides is 1. The third kappa shape index (κ3) is 17.9. The molecule has 0 atom stereocenters. The minimum absolute atomic E-state index is 0.121. The smallest absolute Gasteiger partial charge is 0.317 e. The van der Waals surface area contributed by atoms with Crippen LogP contribution in [0.25, 0.3) is 0 Å². The van der Waals surface area contributed by atoms with E-state index in [0.29, 0.717) is 65.4 Å². The summed E-state index contributed by atoms with van der Waals surface area (Å²) in [4.78, 5) is 59.9. The Hall–Kier alpha value is -2.36. The number of hydrogen-bond acceptors (Lipinski definition) is 10. The van der Waals surface area contributed by atoms with E-state index >= 15 is 0 Å². The zero-order valence-corrected chi connectivity index (χ0v) is 25.5. The molecule has 0 aliphatic carbocycles. The maximum Gasteiger partial charge on any atom is 0.317 e. The van der Waals surface area contributed by atoms with Gasteiger partial charge in [-0.1, -0.05) is 6.92 Å². The summed E-state index contributed by atoms with van der Waals surface area (Å²) in [5.41, 5.74) is 0. The van der Waals surface area contributed by atoms with E-state index in [2.05, 4.69) is 28.8 Å². The first kappa shape index (κ1) is 36.7. The van der Waals surface area contributed by atoms with Crippen molar-refractivity contribution in [1.29, 1.82) is 0 Å². The molecule has 1 aliphatic heterocycles. The summed E-state index contributed by atoms with van der Waals surface area (Å²) in [5.74, 6) is -2.66. The lowest BCUT2D eigenvalue weighted by atomic mass is 10.3. The fourth-order valence-corrected chi connectivity index (χ4v) is 4.88. The highest BCUT2D eigenvalue weighted by Gasteiger charge is 2.20. The molecule has 1 heterocycles. The molecule has 0 bridgehead atoms. The summed E-state index contributed by atoms with van der Waals surface area (Å²) in [6.45, 7) is 9.44. The first-order valence-corrected chi connectivity index (χ1v) is 14.5. The van der Waals surface area contributed by atoms with E-state index in [1.807, 2.05) is 23.8 Å². The van der Waals surface area contributed by atoms with E-state index < -0.39 is 17.9 Å². The summed E-state index contributed by atoms with van der Waals surface area (Å²) < 4.78 is 0. The van der Waals surface area contributed by atoms with Gasteiger partial charge in [0.2, 0.25) is 5.91 Å². The Kier molecular flexibility index (Phi) is 18.3. The molecule has 1 saturated heterocycles. The molecule has 1 amide bonds. The lowest BCUT2D eigenvalue weighted by Crippen LogP contribution is -2.50. The van der Waals surface area contributed by atoms with Crippen LogP contribution < -0.4 is 0 Å². The minimum Gasteiger partial charge on any atom is -0.480 e. The van der Waals surface area contributed by atoms with Gasteiger partial charge in [-0.15, -0.1) is 0 Å². The predicted octanol–water partition coefficient (Wildman–Crippen LogP) is -1.07. The third-order valence-electron chi connectivity index (χ3n) is 7.29. The molecule has 1 fully saturated rings. The number of carboxylic acid groups (broad SMARTS) is 3. The molecule has 0 unspecified atom stereocenters. The molecule has 3 N–H and O–H groups in total. The topological polar surface area (TPSA) is 152 Å². The van der Waals surface area contributed by atoms with Gasteiger partial charge in [-0.3, -0.25) is 43.7 Å². The second-order valence-electron chi connectivity index (χ2n) is 11.0. The Balaban J connectivity index is 2.69. The van der Waals surface area contributed by atoms with Gasteiger partial charge >= 0.3 is 17.9 Å². The van der Waals surface area contributed by atoms with Crippen molar-refractivity contribution < 1.29 is 34.5 Å². The largest absolute Gasteiger partial charge is 0.480 e. The first-order valence-electron chi connectivity index (χ1n) is 14.5. The molecule has 0 saturated carbocycles. The molecule has 1 aliphatic rings. The highest BCUT2D eigenvalue weighted by molar-refractivity contribution is 5.75. The van der Waals surface area contributed by atoms with E-state index in [1.165, 1.54) is 0 Å². The Morgan fingerprint density at radius 1 is 0.561 bits per heavy atom. The molecule has 14 nitrogen and oxygen atoms in total. The van der Waals surface area contributed by atoms with Crippen molar-refractivity contribution in [1.82, 2.24) is 34.3 Å². The highest BCUT2D eigenvalue weighted by Crippen LogP contribution is 2.03. The second-order valence-corrected chi connectivity index (χ2v) is 11.0. The zero-order chi connectivity index (χ0) is 30.8. The van der Waals surface area contributed by atoms with E-state index in [-0.39, 0.29) is 25.5 Å². The molecule has 0 spiro atoms. The van der Waals surface area contributed by atoms with E-state index in [1.54, 1.807) is 9.80 Å². The van der Waals surface area contributed by atoms with Crippen molar-refractivity contribution in [2.45, 2.75) is 26.2 Å². The van der Waals surface area contributed by atoms with Crippen LogP contribution in [0.4, 0.5) is 0 Å². The van der Waals surface area contributed by atoms with Crippen LogP contribution in [0.15, 0.2) is 0 Å². The number of carboxylic acids is 3. The van der Waals surface area contributed by atoms with Crippen molar-refractivity contribution in [3.8, 4) is 0 Å². The predicted molar refractivity (Wildman–Crippen MR) is 156 cm³/mol. The van der Waals surface area contributed by atoms with Gasteiger partial charge in [0.25, 0.3) is 0 Å². The summed E-state index contributed by atoms with van der Waals surface area (Å²) in [7, 11) is 5.98. The van der Waals surface area contributed by atoms with Crippen molar-refractivity contribution in [2.24, 2.45) is 0 Å². The maximum atomic E-state index is 11.7. The molecular weight excluding hydrogens is 534 g/mol. The number of carbonyl (C=O) groups excluding carboxylic acids is 1. The highest BCUT2D eigenvalue weighted by atomic mass is 16.4. The van der Waals surface area contributed by atoms with Crippen LogP contribution in [-0.2, 0) is 19.2 Å². The molecule has 0 aromatic rings. The molecule has 0 radical (unpaired) electrons. The van der Waals surface area contributed by atoms with Crippen LogP contribution in [0.2, 0.25) is 0 Å². The number of carbonyl (C=O) groups is 4. The Labute approximate surface area is 245 Å². The average molecular weight is 588 g/mol. The van der Waals surface area contributed by atoms with Crippen LogP contribution in [0.1, 0.15) is 26.2 Å². The summed E-state index contributed by atoms with van der Waals surface area (Å²) in [6.07, 6.45) is 2.42. The molecule has 238 valence electrons. The van der Waals surface area contributed by atoms with E-state index in [4.69, 9.17) is 0 Å². The van der Waals surface area contributed by atoms with Crippen molar-refractivity contribution in [3.63, 3.8) is 0 Å². The average Bonchev–Trinajstić information content (AvgIpc) is 2.88. The summed E-state index contributed by atoms with van der Waals surface area (Å²) in [6, 6.07) is 0. The lowest BCUT2D eigenvalue weighted by molar-refractivity contribution is -0.140. The van der Waals surface area contributed by atoms with Gasteiger partial charge in [0.1, 0.15) is 0 Å². The first-order chi connectivity index (χ1) is 19.4. The normalized spacial score (nSPS) is 17.3.